The van der Waals surface area contributed by atoms with Gasteiger partial charge in [-0.05, 0) is 45.4 Å². The molecule has 0 fully saturated rings. The van der Waals surface area contributed by atoms with Crippen molar-refractivity contribution in [2.24, 2.45) is 0 Å². The van der Waals surface area contributed by atoms with E-state index >= 15 is 0 Å². The number of amidine groups is 1. The van der Waals surface area contributed by atoms with Gasteiger partial charge in [-0.15, -0.1) is 11.3 Å². The van der Waals surface area contributed by atoms with Crippen LogP contribution in [0.1, 0.15) is 36.9 Å². The molecule has 5 nitrogen and oxygen atoms in total. The maximum atomic E-state index is 10.6. The molecule has 0 unspecified atom stereocenters. The predicted octanol–water partition coefficient (Wildman–Crippen LogP) is 6.06. The van der Waals surface area contributed by atoms with Crippen molar-refractivity contribution in [1.82, 2.24) is 9.88 Å². The molecule has 1 aliphatic heterocycles. The average Bonchev–Trinajstić information content (AvgIpc) is 3.27. The lowest BCUT2D eigenvalue weighted by Gasteiger charge is -2.22. The lowest BCUT2D eigenvalue weighted by atomic mass is 10.1. The van der Waals surface area contributed by atoms with E-state index in [-0.39, 0.29) is 11.4 Å². The van der Waals surface area contributed by atoms with Crippen LogP contribution >= 0.6 is 11.3 Å². The Morgan fingerprint density at radius 2 is 1.77 bits per heavy atom. The van der Waals surface area contributed by atoms with Gasteiger partial charge in [0.1, 0.15) is 28.0 Å². The molecule has 2 aromatic carbocycles. The number of nitrogens with one attached hydrogen (secondary N) is 1. The van der Waals surface area contributed by atoms with Gasteiger partial charge in [-0.1, -0.05) is 42.0 Å². The summed E-state index contributed by atoms with van der Waals surface area (Å²) in [7, 11) is 0. The van der Waals surface area contributed by atoms with Gasteiger partial charge in [0.2, 0.25) is 0 Å². The molecule has 0 saturated heterocycles. The number of thiazole rings is 1. The largest absolute Gasteiger partial charge is 0.510 e. The Balaban J connectivity index is 1.47. The van der Waals surface area contributed by atoms with Gasteiger partial charge in [-0.25, -0.2) is 4.98 Å². The summed E-state index contributed by atoms with van der Waals surface area (Å²) in [5.41, 5.74) is 4.43. The maximum Gasteiger partial charge on any atom is 0.135 e. The second-order valence-electron chi connectivity index (χ2n) is 8.79. The molecule has 1 aliphatic rings. The highest BCUT2D eigenvalue weighted by atomic mass is 32.1. The second kappa shape index (κ2) is 8.19. The van der Waals surface area contributed by atoms with E-state index in [2.05, 4.69) is 19.1 Å². The average molecular weight is 434 g/mol. The molecule has 0 spiro atoms. The number of hydrogen-bond acceptors (Lipinski definition) is 5. The van der Waals surface area contributed by atoms with Crippen LogP contribution in [0.2, 0.25) is 0 Å². The highest BCUT2D eigenvalue weighted by Crippen LogP contribution is 2.33. The van der Waals surface area contributed by atoms with Crippen LogP contribution in [0, 0.1) is 12.3 Å². The minimum absolute atomic E-state index is 0.197. The van der Waals surface area contributed by atoms with E-state index < -0.39 is 0 Å². The van der Waals surface area contributed by atoms with Crippen molar-refractivity contribution in [1.29, 1.82) is 5.41 Å². The maximum absolute atomic E-state index is 10.6. The summed E-state index contributed by atoms with van der Waals surface area (Å²) in [4.78, 5) is 6.56. The molecule has 3 aromatic rings. The number of nitrogens with zero attached hydrogens (tertiary/aromatic N) is 2. The van der Waals surface area contributed by atoms with E-state index in [9.17, 15) is 5.11 Å². The SMILES string of the molecule is Cc1ccc(-c2csc(C3=C(O)CN(Cc4ccc(OC(C)(C)C)cc4)C3=N)n2)cc1. The number of aliphatic hydroxyl groups is 1. The third-order valence-corrected chi connectivity index (χ3v) is 5.83. The molecule has 0 radical (unpaired) electrons. The first kappa shape index (κ1) is 21.1. The van der Waals surface area contributed by atoms with Crippen molar-refractivity contribution < 1.29 is 9.84 Å². The van der Waals surface area contributed by atoms with Crippen molar-refractivity contribution in [2.75, 3.05) is 6.54 Å². The Kier molecular flexibility index (Phi) is 5.58. The number of aryl methyl sites for hydroxylation is 1. The molecule has 160 valence electrons. The second-order valence-corrected chi connectivity index (χ2v) is 9.65. The Morgan fingerprint density at radius 1 is 1.10 bits per heavy atom. The third-order valence-electron chi connectivity index (χ3n) is 4.97. The Morgan fingerprint density at radius 3 is 2.42 bits per heavy atom. The molecule has 6 heteroatoms. The Labute approximate surface area is 187 Å². The topological polar surface area (TPSA) is 69.4 Å². The molecule has 4 rings (SSSR count). The summed E-state index contributed by atoms with van der Waals surface area (Å²) in [5.74, 6) is 1.32. The van der Waals surface area contributed by atoms with Crippen LogP contribution in [-0.2, 0) is 6.54 Å². The van der Waals surface area contributed by atoms with Gasteiger partial charge in [0.25, 0.3) is 0 Å². The minimum atomic E-state index is -0.242. The lowest BCUT2D eigenvalue weighted by molar-refractivity contribution is 0.131. The summed E-state index contributed by atoms with van der Waals surface area (Å²) in [5, 5.41) is 21.9. The molecule has 31 heavy (non-hydrogen) atoms. The first-order valence-corrected chi connectivity index (χ1v) is 11.1. The Hall–Kier alpha value is -3.12. The number of ether oxygens (including phenoxy) is 1. The van der Waals surface area contributed by atoms with Crippen LogP contribution in [-0.4, -0.2) is 33.0 Å². The van der Waals surface area contributed by atoms with E-state index in [1.807, 2.05) is 67.4 Å². The van der Waals surface area contributed by atoms with Crippen molar-refractivity contribution in [2.45, 2.75) is 39.8 Å². The number of aromatic nitrogens is 1. The van der Waals surface area contributed by atoms with Crippen LogP contribution in [0.25, 0.3) is 16.8 Å². The van der Waals surface area contributed by atoms with Crippen molar-refractivity contribution in [3.05, 3.63) is 75.8 Å². The first-order valence-electron chi connectivity index (χ1n) is 10.3. The molecule has 2 heterocycles. The summed E-state index contributed by atoms with van der Waals surface area (Å²) in [6, 6.07) is 16.1. The zero-order chi connectivity index (χ0) is 22.2. The van der Waals surface area contributed by atoms with E-state index in [1.165, 1.54) is 16.9 Å². The quantitative estimate of drug-likeness (QED) is 0.513. The summed E-state index contributed by atoms with van der Waals surface area (Å²) >= 11 is 1.46. The van der Waals surface area contributed by atoms with Gasteiger partial charge in [-0.2, -0.15) is 0 Å². The molecule has 2 N–H and O–H groups in total. The summed E-state index contributed by atoms with van der Waals surface area (Å²) < 4.78 is 5.87. The van der Waals surface area contributed by atoms with Gasteiger partial charge >= 0.3 is 0 Å². The fourth-order valence-electron chi connectivity index (χ4n) is 3.48. The fraction of sp³-hybridized carbons (Fsp3) is 0.280. The number of aliphatic hydroxyl groups excluding tert-OH is 1. The van der Waals surface area contributed by atoms with Crippen LogP contribution in [0.5, 0.6) is 5.75 Å². The predicted molar refractivity (Wildman–Crippen MR) is 127 cm³/mol. The molecule has 0 amide bonds. The standard InChI is InChI=1S/C25H27N3O2S/c1-16-5-9-18(10-6-16)20-15-31-24(27-20)22-21(29)14-28(23(22)26)13-17-7-11-19(12-8-17)30-25(2,3)4/h5-12,15,26,29H,13-14H2,1-4H3. The van der Waals surface area contributed by atoms with Crippen LogP contribution in [0.15, 0.2) is 59.7 Å². The van der Waals surface area contributed by atoms with Crippen LogP contribution < -0.4 is 4.74 Å². The van der Waals surface area contributed by atoms with Gasteiger partial charge in [0, 0.05) is 17.5 Å². The first-order chi connectivity index (χ1) is 14.7. The normalized spacial score (nSPS) is 14.5. The summed E-state index contributed by atoms with van der Waals surface area (Å²) in [6.07, 6.45) is 0. The molecular weight excluding hydrogens is 406 g/mol. The van der Waals surface area contributed by atoms with Gasteiger partial charge in [0.05, 0.1) is 17.8 Å². The van der Waals surface area contributed by atoms with Crippen molar-refractivity contribution >= 4 is 22.7 Å². The van der Waals surface area contributed by atoms with Gasteiger partial charge < -0.3 is 14.7 Å². The zero-order valence-electron chi connectivity index (χ0n) is 18.3. The van der Waals surface area contributed by atoms with E-state index in [4.69, 9.17) is 15.1 Å². The minimum Gasteiger partial charge on any atom is -0.510 e. The van der Waals surface area contributed by atoms with E-state index in [1.54, 1.807) is 0 Å². The van der Waals surface area contributed by atoms with Crippen molar-refractivity contribution in [3.8, 4) is 17.0 Å². The summed E-state index contributed by atoms with van der Waals surface area (Å²) in [6.45, 7) is 8.97. The van der Waals surface area contributed by atoms with E-state index in [0.29, 0.717) is 29.5 Å². The molecule has 0 atom stereocenters. The fourth-order valence-corrected chi connectivity index (χ4v) is 4.37. The molecular formula is C25H27N3O2S. The van der Waals surface area contributed by atoms with Crippen molar-refractivity contribution in [3.63, 3.8) is 0 Å². The molecule has 0 bridgehead atoms. The lowest BCUT2D eigenvalue weighted by Crippen LogP contribution is -2.26. The van der Waals surface area contributed by atoms with Gasteiger partial charge in [-0.3, -0.25) is 5.41 Å². The molecule has 1 aromatic heterocycles. The van der Waals surface area contributed by atoms with E-state index in [0.717, 1.165) is 22.6 Å². The number of hydrogen-bond donors (Lipinski definition) is 2. The highest BCUT2D eigenvalue weighted by molar-refractivity contribution is 7.11. The number of rotatable bonds is 5. The smallest absolute Gasteiger partial charge is 0.135 e. The zero-order valence-corrected chi connectivity index (χ0v) is 19.1. The van der Waals surface area contributed by atoms with Gasteiger partial charge in [0.15, 0.2) is 0 Å². The molecule has 0 aliphatic carbocycles. The van der Waals surface area contributed by atoms with Crippen LogP contribution in [0.4, 0.5) is 0 Å². The highest BCUT2D eigenvalue weighted by Gasteiger charge is 2.30. The Bertz CT molecular complexity index is 1120. The number of benzene rings is 2. The monoisotopic (exact) mass is 433 g/mol. The molecule has 0 saturated carbocycles. The van der Waals surface area contributed by atoms with Crippen LogP contribution in [0.3, 0.4) is 0 Å². The third kappa shape index (κ3) is 4.80.